The van der Waals surface area contributed by atoms with Crippen LogP contribution >= 0.6 is 15.9 Å². The molecule has 0 atom stereocenters. The predicted octanol–water partition coefficient (Wildman–Crippen LogP) is 3.27. The molecule has 0 aliphatic heterocycles. The lowest BCUT2D eigenvalue weighted by molar-refractivity contribution is 0.361. The quantitative estimate of drug-likeness (QED) is 0.896. The van der Waals surface area contributed by atoms with Gasteiger partial charge in [0.15, 0.2) is 0 Å². The molecular formula is C12H19BrN4. The van der Waals surface area contributed by atoms with Gasteiger partial charge >= 0.3 is 0 Å². The number of aromatic nitrogens is 2. The molecular weight excluding hydrogens is 280 g/mol. The van der Waals surface area contributed by atoms with Crippen molar-refractivity contribution in [3.8, 4) is 0 Å². The van der Waals surface area contributed by atoms with Crippen molar-refractivity contribution in [1.82, 2.24) is 9.97 Å². The second-order valence-corrected chi connectivity index (χ2v) is 5.87. The van der Waals surface area contributed by atoms with Crippen LogP contribution in [-0.2, 0) is 0 Å². The first-order chi connectivity index (χ1) is 8.13. The van der Waals surface area contributed by atoms with Gasteiger partial charge in [0, 0.05) is 19.8 Å². The molecule has 1 aliphatic carbocycles. The molecule has 1 fully saturated rings. The molecule has 2 rings (SSSR count). The molecule has 0 bridgehead atoms. The second kappa shape index (κ2) is 5.21. The van der Waals surface area contributed by atoms with Crippen molar-refractivity contribution in [2.45, 2.75) is 32.6 Å². The summed E-state index contributed by atoms with van der Waals surface area (Å²) in [5.41, 5.74) is 0.421. The molecule has 1 heterocycles. The van der Waals surface area contributed by atoms with Crippen molar-refractivity contribution in [3.63, 3.8) is 0 Å². The maximum Gasteiger partial charge on any atom is 0.224 e. The lowest BCUT2D eigenvalue weighted by Gasteiger charge is -2.24. The summed E-state index contributed by atoms with van der Waals surface area (Å²) < 4.78 is 0.915. The first kappa shape index (κ1) is 12.6. The molecule has 4 nitrogen and oxygen atoms in total. The highest BCUT2D eigenvalue weighted by atomic mass is 79.9. The molecule has 0 radical (unpaired) electrons. The van der Waals surface area contributed by atoms with Gasteiger partial charge in [-0.1, -0.05) is 19.8 Å². The Morgan fingerprint density at radius 2 is 2.12 bits per heavy atom. The van der Waals surface area contributed by atoms with Crippen molar-refractivity contribution < 1.29 is 0 Å². The third-order valence-corrected chi connectivity index (χ3v) is 4.04. The molecule has 1 saturated carbocycles. The fourth-order valence-electron chi connectivity index (χ4n) is 2.31. The average molecular weight is 299 g/mol. The molecule has 0 unspecified atom stereocenters. The Kier molecular flexibility index (Phi) is 3.86. The summed E-state index contributed by atoms with van der Waals surface area (Å²) in [4.78, 5) is 8.55. The van der Waals surface area contributed by atoms with Crippen LogP contribution in [-0.4, -0.2) is 23.6 Å². The molecule has 1 aliphatic rings. The lowest BCUT2D eigenvalue weighted by Crippen LogP contribution is -2.23. The minimum Gasteiger partial charge on any atom is -0.368 e. The van der Waals surface area contributed by atoms with E-state index in [1.54, 1.807) is 6.20 Å². The second-order valence-electron chi connectivity index (χ2n) is 5.01. The van der Waals surface area contributed by atoms with E-state index >= 15 is 0 Å². The highest BCUT2D eigenvalue weighted by molar-refractivity contribution is 9.10. The Hall–Kier alpha value is -0.840. The van der Waals surface area contributed by atoms with Gasteiger partial charge in [0.25, 0.3) is 0 Å². The summed E-state index contributed by atoms with van der Waals surface area (Å²) in [6.07, 6.45) is 7.09. The van der Waals surface area contributed by atoms with Gasteiger partial charge in [0.1, 0.15) is 5.82 Å². The Morgan fingerprint density at radius 1 is 1.41 bits per heavy atom. The summed E-state index contributed by atoms with van der Waals surface area (Å²) >= 11 is 3.47. The van der Waals surface area contributed by atoms with Crippen LogP contribution in [0.15, 0.2) is 10.7 Å². The molecule has 0 aromatic carbocycles. The van der Waals surface area contributed by atoms with Gasteiger partial charge in [0.05, 0.1) is 4.47 Å². The Balaban J connectivity index is 2.02. The fraction of sp³-hybridized carbons (Fsp3) is 0.667. The van der Waals surface area contributed by atoms with Gasteiger partial charge in [0.2, 0.25) is 5.95 Å². The number of anilines is 2. The summed E-state index contributed by atoms with van der Waals surface area (Å²) in [6.45, 7) is 3.33. The largest absolute Gasteiger partial charge is 0.368 e. The first-order valence-corrected chi connectivity index (χ1v) is 6.86. The van der Waals surface area contributed by atoms with E-state index in [1.165, 1.54) is 25.7 Å². The molecule has 1 aromatic rings. The van der Waals surface area contributed by atoms with Crippen LogP contribution in [0, 0.1) is 5.41 Å². The maximum atomic E-state index is 4.40. The van der Waals surface area contributed by atoms with Crippen LogP contribution in [0.1, 0.15) is 32.6 Å². The van der Waals surface area contributed by atoms with Crippen molar-refractivity contribution in [1.29, 1.82) is 0 Å². The summed E-state index contributed by atoms with van der Waals surface area (Å²) in [6, 6.07) is 0. The normalized spacial score (nSPS) is 18.1. The highest BCUT2D eigenvalue weighted by Gasteiger charge is 2.28. The minimum absolute atomic E-state index is 0.421. The monoisotopic (exact) mass is 298 g/mol. The van der Waals surface area contributed by atoms with Gasteiger partial charge in [-0.25, -0.2) is 4.98 Å². The van der Waals surface area contributed by atoms with Crippen LogP contribution in [0.4, 0.5) is 11.8 Å². The maximum absolute atomic E-state index is 4.40. The summed E-state index contributed by atoms with van der Waals surface area (Å²) in [5, 5.41) is 6.38. The molecule has 94 valence electrons. The van der Waals surface area contributed by atoms with Crippen LogP contribution in [0.25, 0.3) is 0 Å². The Bertz CT molecular complexity index is 388. The zero-order chi connectivity index (χ0) is 12.3. The van der Waals surface area contributed by atoms with Gasteiger partial charge in [-0.3, -0.25) is 0 Å². The zero-order valence-corrected chi connectivity index (χ0v) is 12.0. The highest BCUT2D eigenvalue weighted by Crippen LogP contribution is 2.37. The van der Waals surface area contributed by atoms with E-state index in [2.05, 4.69) is 43.5 Å². The van der Waals surface area contributed by atoms with Gasteiger partial charge in [-0.05, 0) is 34.2 Å². The summed E-state index contributed by atoms with van der Waals surface area (Å²) in [5.74, 6) is 1.52. The van der Waals surface area contributed by atoms with E-state index in [4.69, 9.17) is 0 Å². The molecule has 17 heavy (non-hydrogen) atoms. The standard InChI is InChI=1S/C12H19BrN4/c1-12(5-3-4-6-12)8-16-10-9(13)7-15-11(14-2)17-10/h7H,3-6,8H2,1-2H3,(H2,14,15,16,17). The van der Waals surface area contributed by atoms with E-state index in [0.717, 1.165) is 16.8 Å². The van der Waals surface area contributed by atoms with Crippen molar-refractivity contribution in [2.24, 2.45) is 5.41 Å². The molecule has 2 N–H and O–H groups in total. The van der Waals surface area contributed by atoms with Gasteiger partial charge in [-0.15, -0.1) is 0 Å². The lowest BCUT2D eigenvalue weighted by atomic mass is 9.89. The van der Waals surface area contributed by atoms with Crippen molar-refractivity contribution >= 4 is 27.7 Å². The first-order valence-electron chi connectivity index (χ1n) is 6.07. The van der Waals surface area contributed by atoms with Crippen molar-refractivity contribution in [2.75, 3.05) is 24.2 Å². The van der Waals surface area contributed by atoms with E-state index in [1.807, 2.05) is 7.05 Å². The molecule has 5 heteroatoms. The number of nitrogens with one attached hydrogen (secondary N) is 2. The predicted molar refractivity (Wildman–Crippen MR) is 74.3 cm³/mol. The van der Waals surface area contributed by atoms with E-state index < -0.39 is 0 Å². The molecule has 0 spiro atoms. The number of nitrogens with zero attached hydrogens (tertiary/aromatic N) is 2. The van der Waals surface area contributed by atoms with Gasteiger partial charge in [-0.2, -0.15) is 4.98 Å². The summed E-state index contributed by atoms with van der Waals surface area (Å²) in [7, 11) is 1.82. The van der Waals surface area contributed by atoms with Crippen LogP contribution in [0.5, 0.6) is 0 Å². The number of halogens is 1. The zero-order valence-electron chi connectivity index (χ0n) is 10.4. The van der Waals surface area contributed by atoms with Crippen LogP contribution < -0.4 is 10.6 Å². The Labute approximate surface area is 111 Å². The molecule has 0 saturated heterocycles. The van der Waals surface area contributed by atoms with Crippen LogP contribution in [0.3, 0.4) is 0 Å². The fourth-order valence-corrected chi connectivity index (χ4v) is 2.65. The average Bonchev–Trinajstić information content (AvgIpc) is 2.76. The third-order valence-electron chi connectivity index (χ3n) is 3.46. The minimum atomic E-state index is 0.421. The molecule has 0 amide bonds. The van der Waals surface area contributed by atoms with Crippen molar-refractivity contribution in [3.05, 3.63) is 10.7 Å². The third kappa shape index (κ3) is 3.09. The van der Waals surface area contributed by atoms with E-state index in [-0.39, 0.29) is 0 Å². The van der Waals surface area contributed by atoms with E-state index in [9.17, 15) is 0 Å². The van der Waals surface area contributed by atoms with E-state index in [0.29, 0.717) is 11.4 Å². The topological polar surface area (TPSA) is 49.8 Å². The van der Waals surface area contributed by atoms with Gasteiger partial charge < -0.3 is 10.6 Å². The number of hydrogen-bond acceptors (Lipinski definition) is 4. The molecule has 1 aromatic heterocycles. The SMILES string of the molecule is CNc1ncc(Br)c(NCC2(C)CCCC2)n1. The number of rotatable bonds is 4. The number of hydrogen-bond donors (Lipinski definition) is 2. The Morgan fingerprint density at radius 3 is 2.76 bits per heavy atom. The van der Waals surface area contributed by atoms with Crippen LogP contribution in [0.2, 0.25) is 0 Å². The smallest absolute Gasteiger partial charge is 0.224 e.